The standard InChI is InChI=1S/C24H23NO3/c1-24(2,21(25-27)18-12-6-3-7-13-18)22(19-14-8-4-9-15-19)28-23(26)20-16-10-5-11-17-20/h3-17,22,27H,1-2H3/b25-21+. The molecule has 4 nitrogen and oxygen atoms in total. The van der Waals surface area contributed by atoms with Crippen molar-refractivity contribution < 1.29 is 14.7 Å². The van der Waals surface area contributed by atoms with Crippen molar-refractivity contribution in [2.75, 3.05) is 0 Å². The molecule has 3 rings (SSSR count). The Labute approximate surface area is 165 Å². The molecule has 0 saturated carbocycles. The number of carbonyl (C=O) groups is 1. The first-order chi connectivity index (χ1) is 13.5. The molecule has 142 valence electrons. The molecule has 4 heteroatoms. The highest BCUT2D eigenvalue weighted by atomic mass is 16.5. The predicted octanol–water partition coefficient (Wildman–Crippen LogP) is 5.49. The number of esters is 1. The third kappa shape index (κ3) is 4.12. The number of ether oxygens (including phenoxy) is 1. The summed E-state index contributed by atoms with van der Waals surface area (Å²) in [6.45, 7) is 3.82. The zero-order chi connectivity index (χ0) is 20.0. The smallest absolute Gasteiger partial charge is 0.338 e. The molecule has 1 atom stereocenters. The Morgan fingerprint density at radius 2 is 1.29 bits per heavy atom. The van der Waals surface area contributed by atoms with Crippen LogP contribution in [-0.4, -0.2) is 16.9 Å². The van der Waals surface area contributed by atoms with E-state index in [1.807, 2.05) is 80.6 Å². The molecule has 0 aliphatic rings. The minimum Gasteiger partial charge on any atom is -0.453 e. The third-order valence-electron chi connectivity index (χ3n) is 4.75. The highest BCUT2D eigenvalue weighted by molar-refractivity contribution is 6.04. The van der Waals surface area contributed by atoms with Gasteiger partial charge in [0.2, 0.25) is 0 Å². The van der Waals surface area contributed by atoms with Crippen LogP contribution in [0.3, 0.4) is 0 Å². The summed E-state index contributed by atoms with van der Waals surface area (Å²) in [6, 6.07) is 27.8. The summed E-state index contributed by atoms with van der Waals surface area (Å²) in [5.41, 5.74) is 1.73. The van der Waals surface area contributed by atoms with Crippen molar-refractivity contribution in [3.05, 3.63) is 108 Å². The number of carbonyl (C=O) groups excluding carboxylic acids is 1. The monoisotopic (exact) mass is 373 g/mol. The fourth-order valence-corrected chi connectivity index (χ4v) is 3.29. The fourth-order valence-electron chi connectivity index (χ4n) is 3.29. The van der Waals surface area contributed by atoms with E-state index in [0.29, 0.717) is 11.3 Å². The van der Waals surface area contributed by atoms with Crippen LogP contribution in [0.2, 0.25) is 0 Å². The minimum atomic E-state index is -0.790. The molecule has 28 heavy (non-hydrogen) atoms. The topological polar surface area (TPSA) is 58.9 Å². The van der Waals surface area contributed by atoms with Gasteiger partial charge < -0.3 is 9.94 Å². The molecule has 0 amide bonds. The number of hydrogen-bond donors (Lipinski definition) is 1. The first-order valence-corrected chi connectivity index (χ1v) is 9.13. The molecule has 0 heterocycles. The van der Waals surface area contributed by atoms with Crippen molar-refractivity contribution in [1.82, 2.24) is 0 Å². The molecule has 0 aliphatic carbocycles. The fraction of sp³-hybridized carbons (Fsp3) is 0.167. The Morgan fingerprint density at radius 3 is 1.79 bits per heavy atom. The van der Waals surface area contributed by atoms with E-state index >= 15 is 0 Å². The second-order valence-corrected chi connectivity index (χ2v) is 7.10. The van der Waals surface area contributed by atoms with Gasteiger partial charge >= 0.3 is 5.97 Å². The summed E-state index contributed by atoms with van der Waals surface area (Å²) in [4.78, 5) is 12.8. The third-order valence-corrected chi connectivity index (χ3v) is 4.75. The maximum atomic E-state index is 12.8. The Bertz CT molecular complexity index is 935. The molecule has 1 N–H and O–H groups in total. The first kappa shape index (κ1) is 19.4. The van der Waals surface area contributed by atoms with Crippen LogP contribution < -0.4 is 0 Å². The van der Waals surface area contributed by atoms with Crippen LogP contribution >= 0.6 is 0 Å². The molecule has 3 aromatic carbocycles. The molecular formula is C24H23NO3. The van der Waals surface area contributed by atoms with E-state index in [4.69, 9.17) is 4.74 Å². The van der Waals surface area contributed by atoms with Gasteiger partial charge in [-0.1, -0.05) is 97.9 Å². The van der Waals surface area contributed by atoms with E-state index < -0.39 is 17.5 Å². The second-order valence-electron chi connectivity index (χ2n) is 7.10. The van der Waals surface area contributed by atoms with Crippen molar-refractivity contribution in [1.29, 1.82) is 0 Å². The lowest BCUT2D eigenvalue weighted by atomic mass is 9.75. The molecule has 0 fully saturated rings. The normalized spacial score (nSPS) is 13.0. The first-order valence-electron chi connectivity index (χ1n) is 9.13. The summed E-state index contributed by atoms with van der Waals surface area (Å²) in [5.74, 6) is -0.423. The van der Waals surface area contributed by atoms with Crippen LogP contribution in [0.25, 0.3) is 0 Å². The van der Waals surface area contributed by atoms with Crippen molar-refractivity contribution >= 4 is 11.7 Å². The van der Waals surface area contributed by atoms with E-state index in [0.717, 1.165) is 11.1 Å². The van der Waals surface area contributed by atoms with E-state index in [-0.39, 0.29) is 0 Å². The number of benzene rings is 3. The molecule has 0 radical (unpaired) electrons. The summed E-state index contributed by atoms with van der Waals surface area (Å²) in [5, 5.41) is 13.4. The molecule has 0 aliphatic heterocycles. The van der Waals surface area contributed by atoms with Crippen molar-refractivity contribution in [2.45, 2.75) is 20.0 Å². The molecule has 1 unspecified atom stereocenters. The summed E-state index contributed by atoms with van der Waals surface area (Å²) in [7, 11) is 0. The Morgan fingerprint density at radius 1 is 0.821 bits per heavy atom. The lowest BCUT2D eigenvalue weighted by Crippen LogP contribution is -2.35. The van der Waals surface area contributed by atoms with E-state index in [1.165, 1.54) is 0 Å². The Kier molecular flexibility index (Phi) is 5.90. The Hall–Kier alpha value is -3.40. The van der Waals surface area contributed by atoms with Gasteiger partial charge in [-0.25, -0.2) is 4.79 Å². The molecule has 0 spiro atoms. The number of hydrogen-bond acceptors (Lipinski definition) is 4. The maximum Gasteiger partial charge on any atom is 0.338 e. The predicted molar refractivity (Wildman–Crippen MR) is 110 cm³/mol. The van der Waals surface area contributed by atoms with Gasteiger partial charge in [0, 0.05) is 5.56 Å². The van der Waals surface area contributed by atoms with Gasteiger partial charge in [0.1, 0.15) is 6.10 Å². The zero-order valence-corrected chi connectivity index (χ0v) is 15.9. The number of rotatable bonds is 6. The molecule has 0 bridgehead atoms. The van der Waals surface area contributed by atoms with Crippen molar-refractivity contribution in [2.24, 2.45) is 10.6 Å². The second kappa shape index (κ2) is 8.53. The van der Waals surface area contributed by atoms with E-state index in [1.54, 1.807) is 24.3 Å². The average molecular weight is 373 g/mol. The van der Waals surface area contributed by atoms with Crippen LogP contribution in [0.5, 0.6) is 0 Å². The quantitative estimate of drug-likeness (QED) is 0.269. The molecule has 0 aromatic heterocycles. The number of nitrogens with zero attached hydrogens (tertiary/aromatic N) is 1. The number of oxime groups is 1. The van der Waals surface area contributed by atoms with Gasteiger partial charge in [-0.15, -0.1) is 0 Å². The summed E-state index contributed by atoms with van der Waals surface area (Å²) in [6.07, 6.45) is -0.646. The van der Waals surface area contributed by atoms with Crippen LogP contribution in [0, 0.1) is 5.41 Å². The van der Waals surface area contributed by atoms with Crippen molar-refractivity contribution in [3.63, 3.8) is 0 Å². The van der Waals surface area contributed by atoms with Gasteiger partial charge in [0.15, 0.2) is 0 Å². The van der Waals surface area contributed by atoms with Crippen LogP contribution in [-0.2, 0) is 4.74 Å². The molecule has 0 saturated heterocycles. The highest BCUT2D eigenvalue weighted by Crippen LogP contribution is 2.40. The maximum absolute atomic E-state index is 12.8. The van der Waals surface area contributed by atoms with E-state index in [2.05, 4.69) is 5.16 Å². The van der Waals surface area contributed by atoms with Gasteiger partial charge in [-0.2, -0.15) is 0 Å². The lowest BCUT2D eigenvalue weighted by Gasteiger charge is -2.34. The van der Waals surface area contributed by atoms with Gasteiger partial charge in [-0.05, 0) is 17.7 Å². The van der Waals surface area contributed by atoms with Crippen LogP contribution in [0.15, 0.2) is 96.2 Å². The van der Waals surface area contributed by atoms with Gasteiger partial charge in [-0.3, -0.25) is 0 Å². The molecular weight excluding hydrogens is 350 g/mol. The largest absolute Gasteiger partial charge is 0.453 e. The van der Waals surface area contributed by atoms with Gasteiger partial charge in [0.05, 0.1) is 16.7 Å². The zero-order valence-electron chi connectivity index (χ0n) is 15.9. The summed E-state index contributed by atoms with van der Waals surface area (Å²) < 4.78 is 5.96. The SMILES string of the molecule is CC(C)(/C(=N/O)c1ccccc1)C(OC(=O)c1ccccc1)c1ccccc1. The minimum absolute atomic E-state index is 0.423. The van der Waals surface area contributed by atoms with Crippen molar-refractivity contribution in [3.8, 4) is 0 Å². The summed E-state index contributed by atoms with van der Waals surface area (Å²) >= 11 is 0. The Balaban J connectivity index is 2.02. The van der Waals surface area contributed by atoms with Crippen LogP contribution in [0.1, 0.15) is 41.4 Å². The average Bonchev–Trinajstić information content (AvgIpc) is 2.74. The van der Waals surface area contributed by atoms with E-state index in [9.17, 15) is 10.0 Å². The van der Waals surface area contributed by atoms with Gasteiger partial charge in [0.25, 0.3) is 0 Å². The highest BCUT2D eigenvalue weighted by Gasteiger charge is 2.40. The molecule has 3 aromatic rings. The lowest BCUT2D eigenvalue weighted by molar-refractivity contribution is 0.00727. The van der Waals surface area contributed by atoms with Crippen LogP contribution in [0.4, 0.5) is 0 Å².